The zero-order valence-corrected chi connectivity index (χ0v) is 11.6. The second-order valence-corrected chi connectivity index (χ2v) is 5.45. The van der Waals surface area contributed by atoms with Crippen LogP contribution in [0.2, 0.25) is 5.02 Å². The minimum absolute atomic E-state index is 0.0506. The van der Waals surface area contributed by atoms with Crippen LogP contribution in [0.25, 0.3) is 0 Å². The van der Waals surface area contributed by atoms with Gasteiger partial charge in [0.2, 0.25) is 5.91 Å². The lowest BCUT2D eigenvalue weighted by molar-refractivity contribution is -0.120. The topological polar surface area (TPSA) is 41.1 Å². The number of benzene rings is 1. The highest BCUT2D eigenvalue weighted by atomic mass is 79.9. The Kier molecular flexibility index (Phi) is 4.42. The van der Waals surface area contributed by atoms with Gasteiger partial charge in [0.25, 0.3) is 0 Å². The number of anilines is 1. The predicted molar refractivity (Wildman–Crippen MR) is 73.4 cm³/mol. The summed E-state index contributed by atoms with van der Waals surface area (Å²) in [6.07, 6.45) is 1.99. The van der Waals surface area contributed by atoms with Gasteiger partial charge in [0.05, 0.1) is 11.6 Å². The van der Waals surface area contributed by atoms with E-state index in [0.717, 1.165) is 36.1 Å². The Morgan fingerprint density at radius 3 is 3.06 bits per heavy atom. The Balaban J connectivity index is 2.04. The van der Waals surface area contributed by atoms with Crippen LogP contribution in [-0.2, 0) is 4.79 Å². The van der Waals surface area contributed by atoms with Crippen LogP contribution in [0, 0.1) is 5.92 Å². The number of carbonyl (C=O) groups excluding carboxylic acids is 1. The Morgan fingerprint density at radius 1 is 1.53 bits per heavy atom. The van der Waals surface area contributed by atoms with Crippen LogP contribution in [0.3, 0.4) is 0 Å². The normalized spacial score (nSPS) is 20.0. The van der Waals surface area contributed by atoms with E-state index in [1.165, 1.54) is 0 Å². The van der Waals surface area contributed by atoms with Crippen LogP contribution in [0.1, 0.15) is 12.8 Å². The van der Waals surface area contributed by atoms with E-state index in [-0.39, 0.29) is 11.8 Å². The van der Waals surface area contributed by atoms with E-state index in [9.17, 15) is 4.79 Å². The largest absolute Gasteiger partial charge is 0.325 e. The van der Waals surface area contributed by atoms with E-state index < -0.39 is 0 Å². The van der Waals surface area contributed by atoms with Gasteiger partial charge >= 0.3 is 0 Å². The Bertz CT molecular complexity index is 419. The summed E-state index contributed by atoms with van der Waals surface area (Å²) < 4.78 is 0.846. The zero-order valence-electron chi connectivity index (χ0n) is 9.30. The summed E-state index contributed by atoms with van der Waals surface area (Å²) >= 11 is 9.30. The Hall–Kier alpha value is -0.580. The first-order valence-electron chi connectivity index (χ1n) is 5.63. The maximum absolute atomic E-state index is 12.0. The Morgan fingerprint density at radius 2 is 2.35 bits per heavy atom. The molecule has 2 rings (SSSR count). The molecule has 1 aliphatic rings. The summed E-state index contributed by atoms with van der Waals surface area (Å²) in [6.45, 7) is 1.76. The van der Waals surface area contributed by atoms with Gasteiger partial charge in [-0.1, -0.05) is 11.6 Å². The van der Waals surface area contributed by atoms with Gasteiger partial charge in [-0.2, -0.15) is 0 Å². The molecule has 0 bridgehead atoms. The quantitative estimate of drug-likeness (QED) is 0.880. The van der Waals surface area contributed by atoms with Crippen molar-refractivity contribution in [2.45, 2.75) is 12.8 Å². The highest BCUT2D eigenvalue weighted by Gasteiger charge is 2.21. The van der Waals surface area contributed by atoms with Gasteiger partial charge in [-0.15, -0.1) is 0 Å². The molecule has 1 heterocycles. The lowest BCUT2D eigenvalue weighted by Gasteiger charge is -2.22. The molecule has 0 aromatic heterocycles. The maximum Gasteiger partial charge on any atom is 0.228 e. The Labute approximate surface area is 114 Å². The number of nitrogens with one attached hydrogen (secondary N) is 2. The van der Waals surface area contributed by atoms with Crippen molar-refractivity contribution in [3.8, 4) is 0 Å². The fourth-order valence-electron chi connectivity index (χ4n) is 1.90. The first kappa shape index (κ1) is 12.9. The number of carbonyl (C=O) groups is 1. The SMILES string of the molecule is O=C(Nc1cc(Cl)ccc1Br)[C@H]1CCCNC1. The lowest BCUT2D eigenvalue weighted by Crippen LogP contribution is -2.37. The smallest absolute Gasteiger partial charge is 0.228 e. The fourth-order valence-corrected chi connectivity index (χ4v) is 2.42. The molecule has 1 aliphatic heterocycles. The second-order valence-electron chi connectivity index (χ2n) is 4.16. The molecule has 5 heteroatoms. The minimum atomic E-state index is 0.0506. The van der Waals surface area contributed by atoms with Crippen molar-refractivity contribution < 1.29 is 4.79 Å². The second kappa shape index (κ2) is 5.85. The van der Waals surface area contributed by atoms with E-state index in [1.807, 2.05) is 6.07 Å². The van der Waals surface area contributed by atoms with Crippen molar-refractivity contribution in [1.29, 1.82) is 0 Å². The third-order valence-electron chi connectivity index (χ3n) is 2.85. The van der Waals surface area contributed by atoms with Crippen molar-refractivity contribution in [2.75, 3.05) is 18.4 Å². The summed E-state index contributed by atoms with van der Waals surface area (Å²) in [6, 6.07) is 5.36. The van der Waals surface area contributed by atoms with Crippen molar-refractivity contribution >= 4 is 39.1 Å². The van der Waals surface area contributed by atoms with Crippen molar-refractivity contribution in [3.63, 3.8) is 0 Å². The molecule has 17 heavy (non-hydrogen) atoms. The molecule has 92 valence electrons. The molecule has 1 aromatic rings. The molecular formula is C12H14BrClN2O. The molecule has 0 unspecified atom stereocenters. The number of rotatable bonds is 2. The standard InChI is InChI=1S/C12H14BrClN2O/c13-10-4-3-9(14)6-11(10)16-12(17)8-2-1-5-15-7-8/h3-4,6,8,15H,1-2,5,7H2,(H,16,17)/t8-/m0/s1. The van der Waals surface area contributed by atoms with Gasteiger partial charge in [-0.3, -0.25) is 4.79 Å². The van der Waals surface area contributed by atoms with Crippen LogP contribution < -0.4 is 10.6 Å². The average molecular weight is 318 g/mol. The average Bonchev–Trinajstić information content (AvgIpc) is 2.35. The summed E-state index contributed by atoms with van der Waals surface area (Å²) in [4.78, 5) is 12.0. The van der Waals surface area contributed by atoms with Crippen LogP contribution in [-0.4, -0.2) is 19.0 Å². The number of piperidine rings is 1. The molecule has 0 radical (unpaired) electrons. The van der Waals surface area contributed by atoms with Crippen LogP contribution in [0.5, 0.6) is 0 Å². The van der Waals surface area contributed by atoms with E-state index in [4.69, 9.17) is 11.6 Å². The molecule has 1 fully saturated rings. The van der Waals surface area contributed by atoms with Gasteiger partial charge in [0.1, 0.15) is 0 Å². The molecule has 1 amide bonds. The molecule has 0 aliphatic carbocycles. The molecule has 0 saturated carbocycles. The van der Waals surface area contributed by atoms with E-state index >= 15 is 0 Å². The van der Waals surface area contributed by atoms with E-state index in [0.29, 0.717) is 5.02 Å². The number of amides is 1. The maximum atomic E-state index is 12.0. The van der Waals surface area contributed by atoms with Crippen LogP contribution >= 0.6 is 27.5 Å². The number of halogens is 2. The molecule has 1 saturated heterocycles. The molecule has 3 nitrogen and oxygen atoms in total. The lowest BCUT2D eigenvalue weighted by atomic mass is 9.99. The molecule has 2 N–H and O–H groups in total. The van der Waals surface area contributed by atoms with Gasteiger partial charge < -0.3 is 10.6 Å². The van der Waals surface area contributed by atoms with Gasteiger partial charge in [0, 0.05) is 16.0 Å². The first-order chi connectivity index (χ1) is 8.16. The summed E-state index contributed by atoms with van der Waals surface area (Å²) in [5.41, 5.74) is 0.730. The van der Waals surface area contributed by atoms with E-state index in [2.05, 4.69) is 26.6 Å². The fraction of sp³-hybridized carbons (Fsp3) is 0.417. The number of hydrogen-bond acceptors (Lipinski definition) is 2. The molecule has 0 spiro atoms. The third-order valence-corrected chi connectivity index (χ3v) is 3.78. The van der Waals surface area contributed by atoms with Crippen LogP contribution in [0.15, 0.2) is 22.7 Å². The first-order valence-corrected chi connectivity index (χ1v) is 6.80. The zero-order chi connectivity index (χ0) is 12.3. The van der Waals surface area contributed by atoms with Crippen molar-refractivity contribution in [1.82, 2.24) is 5.32 Å². The highest BCUT2D eigenvalue weighted by Crippen LogP contribution is 2.26. The molecule has 1 atom stereocenters. The minimum Gasteiger partial charge on any atom is -0.325 e. The predicted octanol–water partition coefficient (Wildman–Crippen LogP) is 3.04. The van der Waals surface area contributed by atoms with Gasteiger partial charge in [0.15, 0.2) is 0 Å². The summed E-state index contributed by atoms with van der Waals surface area (Å²) in [5.74, 6) is 0.106. The third kappa shape index (κ3) is 3.44. The van der Waals surface area contributed by atoms with E-state index in [1.54, 1.807) is 12.1 Å². The van der Waals surface area contributed by atoms with Gasteiger partial charge in [-0.05, 0) is 53.5 Å². The number of hydrogen-bond donors (Lipinski definition) is 2. The monoisotopic (exact) mass is 316 g/mol. The van der Waals surface area contributed by atoms with Gasteiger partial charge in [-0.25, -0.2) is 0 Å². The summed E-state index contributed by atoms with van der Waals surface area (Å²) in [5, 5.41) is 6.76. The molecular weight excluding hydrogens is 304 g/mol. The molecule has 1 aromatic carbocycles. The van der Waals surface area contributed by atoms with Crippen molar-refractivity contribution in [2.24, 2.45) is 5.92 Å². The van der Waals surface area contributed by atoms with Crippen molar-refractivity contribution in [3.05, 3.63) is 27.7 Å². The summed E-state index contributed by atoms with van der Waals surface area (Å²) in [7, 11) is 0. The highest BCUT2D eigenvalue weighted by molar-refractivity contribution is 9.10. The van der Waals surface area contributed by atoms with Crippen LogP contribution in [0.4, 0.5) is 5.69 Å².